The molecule has 0 aromatic heterocycles. The van der Waals surface area contributed by atoms with E-state index in [-0.39, 0.29) is 0 Å². The minimum absolute atomic E-state index is 0.441. The molecule has 21 heavy (non-hydrogen) atoms. The lowest BCUT2D eigenvalue weighted by Gasteiger charge is -2.28. The van der Waals surface area contributed by atoms with E-state index in [1.165, 1.54) is 0 Å². The average molecular weight is 323 g/mol. The maximum Gasteiger partial charge on any atom is 0.335 e. The van der Waals surface area contributed by atoms with Crippen molar-refractivity contribution in [2.24, 2.45) is 0 Å². The lowest BCUT2D eigenvalue weighted by molar-refractivity contribution is 0.0581. The first-order valence-electron chi connectivity index (χ1n) is 5.61. The van der Waals surface area contributed by atoms with Crippen molar-refractivity contribution in [1.82, 2.24) is 4.72 Å². The Balaban J connectivity index is 3.23. The van der Waals surface area contributed by atoms with Gasteiger partial charge in [0.1, 0.15) is 16.3 Å². The molecule has 0 unspecified atom stereocenters. The molecule has 0 bridgehead atoms. The van der Waals surface area contributed by atoms with Gasteiger partial charge in [-0.15, -0.1) is 0 Å². The van der Waals surface area contributed by atoms with Crippen LogP contribution in [-0.2, 0) is 10.0 Å². The van der Waals surface area contributed by atoms with Crippen molar-refractivity contribution in [3.05, 3.63) is 29.6 Å². The Kier molecular flexibility index (Phi) is 5.36. The number of aliphatic hydroxyl groups excluding tert-OH is 3. The van der Waals surface area contributed by atoms with Crippen LogP contribution in [-0.4, -0.2) is 60.2 Å². The smallest absolute Gasteiger partial charge is 0.335 e. The number of carboxylic acids is 1. The first-order chi connectivity index (χ1) is 9.71. The minimum atomic E-state index is -4.53. The van der Waals surface area contributed by atoms with Crippen molar-refractivity contribution >= 4 is 16.0 Å². The first kappa shape index (κ1) is 17.5. The van der Waals surface area contributed by atoms with Crippen LogP contribution in [0.2, 0.25) is 0 Å². The minimum Gasteiger partial charge on any atom is -0.478 e. The number of benzene rings is 1. The highest BCUT2D eigenvalue weighted by Gasteiger charge is 2.35. The summed E-state index contributed by atoms with van der Waals surface area (Å²) in [4.78, 5) is 9.78. The van der Waals surface area contributed by atoms with E-state index < -0.39 is 57.6 Å². The number of nitrogens with one attached hydrogen (secondary N) is 1. The van der Waals surface area contributed by atoms with Gasteiger partial charge in [0.15, 0.2) is 0 Å². The van der Waals surface area contributed by atoms with Gasteiger partial charge in [-0.1, -0.05) is 0 Å². The summed E-state index contributed by atoms with van der Waals surface area (Å²) < 4.78 is 39.5. The van der Waals surface area contributed by atoms with E-state index in [2.05, 4.69) is 0 Å². The highest BCUT2D eigenvalue weighted by molar-refractivity contribution is 7.89. The second-order valence-electron chi connectivity index (χ2n) is 4.31. The summed E-state index contributed by atoms with van der Waals surface area (Å²) in [6.07, 6.45) is 0. The van der Waals surface area contributed by atoms with Crippen LogP contribution in [0.1, 0.15) is 10.4 Å². The van der Waals surface area contributed by atoms with Crippen LogP contribution in [0.4, 0.5) is 4.39 Å². The molecule has 0 aliphatic rings. The van der Waals surface area contributed by atoms with E-state index in [0.29, 0.717) is 6.07 Å². The molecule has 0 amide bonds. The quantitative estimate of drug-likeness (QED) is 0.411. The molecular formula is C11H14FNO7S. The van der Waals surface area contributed by atoms with Crippen molar-refractivity contribution in [1.29, 1.82) is 0 Å². The molecule has 1 rings (SSSR count). The predicted molar refractivity (Wildman–Crippen MR) is 67.7 cm³/mol. The van der Waals surface area contributed by atoms with Gasteiger partial charge in [0.2, 0.25) is 10.0 Å². The van der Waals surface area contributed by atoms with Crippen molar-refractivity contribution < 1.29 is 38.0 Å². The molecule has 0 saturated carbocycles. The summed E-state index contributed by atoms with van der Waals surface area (Å²) in [5.41, 5.74) is -2.40. The fourth-order valence-electron chi connectivity index (χ4n) is 1.44. The summed E-state index contributed by atoms with van der Waals surface area (Å²) in [6, 6.07) is 2.14. The maximum atomic E-state index is 13.7. The number of halogens is 1. The van der Waals surface area contributed by atoms with Crippen LogP contribution in [0.25, 0.3) is 0 Å². The number of hydrogen-bond acceptors (Lipinski definition) is 6. The van der Waals surface area contributed by atoms with Crippen LogP contribution >= 0.6 is 0 Å². The second kappa shape index (κ2) is 6.45. The SMILES string of the molecule is O=C(O)c1ccc(S(=O)(=O)NC(CO)(CO)CO)c(F)c1. The first-order valence-corrected chi connectivity index (χ1v) is 7.09. The third-order valence-electron chi connectivity index (χ3n) is 2.73. The van der Waals surface area contributed by atoms with Crippen LogP contribution in [0, 0.1) is 5.82 Å². The molecule has 0 atom stereocenters. The predicted octanol–water partition coefficient (Wildman–Crippen LogP) is -1.48. The number of aliphatic hydroxyl groups is 3. The van der Waals surface area contributed by atoms with Crippen molar-refractivity contribution in [3.8, 4) is 0 Å². The fraction of sp³-hybridized carbons (Fsp3) is 0.364. The lowest BCUT2D eigenvalue weighted by Crippen LogP contribution is -2.56. The van der Waals surface area contributed by atoms with Gasteiger partial charge in [-0.05, 0) is 18.2 Å². The molecule has 10 heteroatoms. The molecule has 0 fully saturated rings. The molecule has 0 radical (unpaired) electrons. The van der Waals surface area contributed by atoms with Crippen LogP contribution in [0.3, 0.4) is 0 Å². The monoisotopic (exact) mass is 323 g/mol. The van der Waals surface area contributed by atoms with E-state index in [1.807, 2.05) is 0 Å². The molecule has 0 aliphatic carbocycles. The van der Waals surface area contributed by atoms with E-state index in [1.54, 1.807) is 4.72 Å². The zero-order valence-electron chi connectivity index (χ0n) is 10.7. The Bertz CT molecular complexity index is 619. The zero-order chi connectivity index (χ0) is 16.3. The molecule has 118 valence electrons. The molecule has 0 aliphatic heterocycles. The fourth-order valence-corrected chi connectivity index (χ4v) is 2.88. The van der Waals surface area contributed by atoms with Crippen molar-refractivity contribution in [2.45, 2.75) is 10.4 Å². The summed E-state index contributed by atoms with van der Waals surface area (Å²) in [5.74, 6) is -2.74. The molecular weight excluding hydrogens is 309 g/mol. The molecule has 8 nitrogen and oxygen atoms in total. The van der Waals surface area contributed by atoms with Crippen molar-refractivity contribution in [2.75, 3.05) is 19.8 Å². The normalized spacial score (nSPS) is 12.4. The highest BCUT2D eigenvalue weighted by atomic mass is 32.2. The number of sulfonamides is 1. The van der Waals surface area contributed by atoms with E-state index >= 15 is 0 Å². The average Bonchev–Trinajstić information content (AvgIpc) is 2.44. The van der Waals surface area contributed by atoms with Crippen LogP contribution in [0.15, 0.2) is 23.1 Å². The molecule has 1 aromatic carbocycles. The summed E-state index contributed by atoms with van der Waals surface area (Å²) >= 11 is 0. The number of rotatable bonds is 7. The van der Waals surface area contributed by atoms with E-state index in [0.717, 1.165) is 12.1 Å². The second-order valence-corrected chi connectivity index (χ2v) is 5.96. The van der Waals surface area contributed by atoms with E-state index in [9.17, 15) is 17.6 Å². The van der Waals surface area contributed by atoms with Gasteiger partial charge >= 0.3 is 5.97 Å². The highest BCUT2D eigenvalue weighted by Crippen LogP contribution is 2.18. The molecule has 0 saturated heterocycles. The summed E-state index contributed by atoms with van der Waals surface area (Å²) in [6.45, 7) is -2.77. The zero-order valence-corrected chi connectivity index (χ0v) is 11.5. The topological polar surface area (TPSA) is 144 Å². The third kappa shape index (κ3) is 3.74. The Morgan fingerprint density at radius 3 is 2.10 bits per heavy atom. The Morgan fingerprint density at radius 2 is 1.71 bits per heavy atom. The molecule has 0 spiro atoms. The number of carboxylic acid groups (broad SMARTS) is 1. The number of carbonyl (C=O) groups is 1. The van der Waals surface area contributed by atoms with E-state index in [4.69, 9.17) is 20.4 Å². The molecule has 0 heterocycles. The number of aromatic carboxylic acids is 1. The van der Waals surface area contributed by atoms with Gasteiger partial charge in [0.05, 0.1) is 25.4 Å². The van der Waals surface area contributed by atoms with Gasteiger partial charge < -0.3 is 20.4 Å². The number of hydrogen-bond donors (Lipinski definition) is 5. The maximum absolute atomic E-state index is 13.7. The summed E-state index contributed by atoms with van der Waals surface area (Å²) in [5, 5.41) is 35.8. The molecule has 1 aromatic rings. The standard InChI is InChI=1S/C11H14FNO7S/c12-8-3-7(10(17)18)1-2-9(8)21(19,20)13-11(4-14,5-15)6-16/h1-3,13-16H,4-6H2,(H,17,18). The summed E-state index contributed by atoms with van der Waals surface area (Å²) in [7, 11) is -4.53. The van der Waals surface area contributed by atoms with Crippen LogP contribution < -0.4 is 4.72 Å². The van der Waals surface area contributed by atoms with Gasteiger partial charge in [0, 0.05) is 0 Å². The van der Waals surface area contributed by atoms with Gasteiger partial charge in [-0.3, -0.25) is 0 Å². The largest absolute Gasteiger partial charge is 0.478 e. The third-order valence-corrected chi connectivity index (χ3v) is 4.34. The Labute approximate surface area is 119 Å². The lowest BCUT2D eigenvalue weighted by atomic mass is 10.1. The molecule has 5 N–H and O–H groups in total. The Morgan fingerprint density at radius 1 is 1.19 bits per heavy atom. The van der Waals surface area contributed by atoms with Crippen molar-refractivity contribution in [3.63, 3.8) is 0 Å². The van der Waals surface area contributed by atoms with Gasteiger partial charge in [-0.25, -0.2) is 17.6 Å². The Hall–Kier alpha value is -1.59. The van der Waals surface area contributed by atoms with Crippen LogP contribution in [0.5, 0.6) is 0 Å². The van der Waals surface area contributed by atoms with Gasteiger partial charge in [-0.2, -0.15) is 4.72 Å². The van der Waals surface area contributed by atoms with Gasteiger partial charge in [0.25, 0.3) is 0 Å².